The number of pyridine rings is 1. The summed E-state index contributed by atoms with van der Waals surface area (Å²) in [6, 6.07) is 7.01. The number of aromatic nitrogens is 2. The van der Waals surface area contributed by atoms with Crippen molar-refractivity contribution in [1.29, 1.82) is 5.26 Å². The van der Waals surface area contributed by atoms with Crippen molar-refractivity contribution in [3.63, 3.8) is 0 Å². The number of alkyl halides is 3. The molecule has 1 aliphatic heterocycles. The van der Waals surface area contributed by atoms with Crippen LogP contribution in [0.25, 0.3) is 5.52 Å². The molecule has 0 spiro atoms. The molecule has 1 saturated heterocycles. The average molecular weight is 404 g/mol. The van der Waals surface area contributed by atoms with Gasteiger partial charge in [-0.1, -0.05) is 0 Å². The minimum absolute atomic E-state index is 0.116. The van der Waals surface area contributed by atoms with Gasteiger partial charge in [0.2, 0.25) is 0 Å². The summed E-state index contributed by atoms with van der Waals surface area (Å²) in [7, 11) is -5.68. The highest BCUT2D eigenvalue weighted by molar-refractivity contribution is 7.87. The topological polar surface area (TPSA) is 96.9 Å². The van der Waals surface area contributed by atoms with E-state index in [1.165, 1.54) is 10.7 Å². The van der Waals surface area contributed by atoms with E-state index in [1.54, 1.807) is 25.1 Å². The van der Waals surface area contributed by atoms with Gasteiger partial charge in [-0.25, -0.2) is 4.52 Å². The summed E-state index contributed by atoms with van der Waals surface area (Å²) in [4.78, 5) is 1.83. The minimum Gasteiger partial charge on any atom is -0.369 e. The molecule has 3 rings (SSSR count). The molecule has 2 aromatic heterocycles. The lowest BCUT2D eigenvalue weighted by atomic mass is 10.2. The molecule has 8 nitrogen and oxygen atoms in total. The highest BCUT2D eigenvalue weighted by Crippen LogP contribution is 2.28. The summed E-state index contributed by atoms with van der Waals surface area (Å²) in [5.74, 6) is 0. The molecule has 0 unspecified atom stereocenters. The van der Waals surface area contributed by atoms with Gasteiger partial charge in [0.15, 0.2) is 0 Å². The van der Waals surface area contributed by atoms with Crippen molar-refractivity contribution in [3.8, 4) is 6.07 Å². The van der Waals surface area contributed by atoms with Gasteiger partial charge in [-0.2, -0.15) is 31.9 Å². The Labute approximate surface area is 152 Å². The van der Waals surface area contributed by atoms with Crippen molar-refractivity contribution in [2.45, 2.75) is 24.6 Å². The van der Waals surface area contributed by atoms with Gasteiger partial charge < -0.3 is 9.64 Å². The molecule has 0 bridgehead atoms. The fourth-order valence-corrected chi connectivity index (χ4v) is 3.39. The Bertz CT molecular complexity index is 983. The van der Waals surface area contributed by atoms with Gasteiger partial charge in [-0.05, 0) is 25.1 Å². The average Bonchev–Trinajstić information content (AvgIpc) is 3.07. The molecule has 0 radical (unpaired) electrons. The molecule has 0 aromatic carbocycles. The van der Waals surface area contributed by atoms with Crippen molar-refractivity contribution >= 4 is 21.3 Å². The van der Waals surface area contributed by atoms with Crippen LogP contribution in [0, 0.1) is 11.3 Å². The van der Waals surface area contributed by atoms with Crippen LogP contribution in [-0.4, -0.2) is 55.4 Å². The van der Waals surface area contributed by atoms with Crippen LogP contribution in [-0.2, 0) is 19.0 Å². The predicted molar refractivity (Wildman–Crippen MR) is 87.4 cm³/mol. The molecule has 12 heteroatoms. The van der Waals surface area contributed by atoms with Gasteiger partial charge in [0.05, 0.1) is 30.1 Å². The molecular weight excluding hydrogens is 389 g/mol. The molecular formula is C15H15F3N4O4S. The molecule has 1 fully saturated rings. The first kappa shape index (κ1) is 19.4. The Morgan fingerprint density at radius 1 is 1.37 bits per heavy atom. The lowest BCUT2D eigenvalue weighted by Gasteiger charge is -2.38. The van der Waals surface area contributed by atoms with Crippen molar-refractivity contribution in [3.05, 3.63) is 30.1 Å². The number of ether oxygens (including phenoxy) is 1. The maximum Gasteiger partial charge on any atom is 0.523 e. The van der Waals surface area contributed by atoms with Crippen molar-refractivity contribution in [1.82, 2.24) is 9.61 Å². The zero-order valence-electron chi connectivity index (χ0n) is 14.0. The Hall–Kier alpha value is -2.36. The monoisotopic (exact) mass is 404 g/mol. The van der Waals surface area contributed by atoms with Gasteiger partial charge in [0.1, 0.15) is 17.9 Å². The van der Waals surface area contributed by atoms with Crippen LogP contribution < -0.4 is 4.90 Å². The van der Waals surface area contributed by atoms with E-state index in [-0.39, 0.29) is 12.6 Å². The Morgan fingerprint density at radius 2 is 2.11 bits per heavy atom. The van der Waals surface area contributed by atoms with Crippen LogP contribution in [0.3, 0.4) is 0 Å². The fourth-order valence-electron chi connectivity index (χ4n) is 2.92. The summed E-state index contributed by atoms with van der Waals surface area (Å²) in [6.45, 7) is 1.50. The number of halogens is 3. The van der Waals surface area contributed by atoms with E-state index < -0.39 is 28.3 Å². The summed E-state index contributed by atoms with van der Waals surface area (Å²) < 4.78 is 70.5. The fraction of sp³-hybridized carbons (Fsp3) is 0.467. The second kappa shape index (κ2) is 6.99. The maximum absolute atomic E-state index is 12.4. The first-order chi connectivity index (χ1) is 12.6. The second-order valence-corrected chi connectivity index (χ2v) is 7.61. The van der Waals surface area contributed by atoms with E-state index >= 15 is 0 Å². The van der Waals surface area contributed by atoms with Gasteiger partial charge in [0.25, 0.3) is 0 Å². The number of rotatable bonds is 4. The first-order valence-electron chi connectivity index (χ1n) is 7.85. The van der Waals surface area contributed by atoms with Crippen LogP contribution in [0.15, 0.2) is 24.4 Å². The molecule has 2 aromatic rings. The highest BCUT2D eigenvalue weighted by Gasteiger charge is 2.47. The number of fused-ring (bicyclic) bond motifs is 1. The second-order valence-electron chi connectivity index (χ2n) is 6.00. The quantitative estimate of drug-likeness (QED) is 0.565. The SMILES string of the molecule is C[C@@H]1CN(c2ccc(C#N)n3nccc23)C[C@H](COS(=O)(=O)C(F)(F)F)O1. The molecule has 0 N–H and O–H groups in total. The molecule has 0 saturated carbocycles. The summed E-state index contributed by atoms with van der Waals surface area (Å²) in [5.41, 5.74) is -3.81. The largest absolute Gasteiger partial charge is 0.523 e. The Morgan fingerprint density at radius 3 is 2.78 bits per heavy atom. The molecule has 3 heterocycles. The number of anilines is 1. The maximum atomic E-state index is 12.4. The van der Waals surface area contributed by atoms with Gasteiger partial charge in [-0.3, -0.25) is 4.18 Å². The standard InChI is InChI=1S/C15H15F3N4O4S/c1-10-7-21(8-12(26-10)9-25-27(23,24)15(16,17)18)13-3-2-11(6-19)22-14(13)4-5-20-22/h2-5,10,12H,7-9H2,1H3/t10-,12-/m1/s1. The third-order valence-corrected chi connectivity index (χ3v) is 5.02. The molecule has 0 aliphatic carbocycles. The van der Waals surface area contributed by atoms with Gasteiger partial charge in [-0.15, -0.1) is 0 Å². The Kier molecular flexibility index (Phi) is 5.02. The predicted octanol–water partition coefficient (Wildman–Crippen LogP) is 1.67. The van der Waals surface area contributed by atoms with Crippen molar-refractivity contribution in [2.24, 2.45) is 0 Å². The summed E-state index contributed by atoms with van der Waals surface area (Å²) in [5, 5.41) is 13.2. The first-order valence-corrected chi connectivity index (χ1v) is 9.26. The van der Waals surface area contributed by atoms with Crippen molar-refractivity contribution < 1.29 is 30.5 Å². The zero-order valence-corrected chi connectivity index (χ0v) is 14.9. The van der Waals surface area contributed by atoms with Crippen LogP contribution >= 0.6 is 0 Å². The number of nitriles is 1. The normalized spacial score (nSPS) is 21.4. The molecule has 146 valence electrons. The van der Waals surface area contributed by atoms with Gasteiger partial charge >= 0.3 is 15.6 Å². The summed E-state index contributed by atoms with van der Waals surface area (Å²) >= 11 is 0. The van der Waals surface area contributed by atoms with E-state index in [1.807, 2.05) is 11.0 Å². The number of hydrogen-bond donors (Lipinski definition) is 0. The molecule has 2 atom stereocenters. The third-order valence-electron chi connectivity index (χ3n) is 4.01. The van der Waals surface area contributed by atoms with Gasteiger partial charge in [0, 0.05) is 13.1 Å². The molecule has 27 heavy (non-hydrogen) atoms. The lowest BCUT2D eigenvalue weighted by molar-refractivity contribution is -0.0656. The zero-order chi connectivity index (χ0) is 19.8. The van der Waals surface area contributed by atoms with Crippen LogP contribution in [0.4, 0.5) is 18.9 Å². The molecule has 1 aliphatic rings. The van der Waals surface area contributed by atoms with Crippen LogP contribution in [0.5, 0.6) is 0 Å². The Balaban J connectivity index is 1.81. The summed E-state index contributed by atoms with van der Waals surface area (Å²) in [6.07, 6.45) is 0.268. The van der Waals surface area contributed by atoms with Crippen molar-refractivity contribution in [2.75, 3.05) is 24.6 Å². The van der Waals surface area contributed by atoms with E-state index in [0.717, 1.165) is 0 Å². The highest BCUT2D eigenvalue weighted by atomic mass is 32.2. The minimum atomic E-state index is -5.68. The van der Waals surface area contributed by atoms with Crippen LogP contribution in [0.2, 0.25) is 0 Å². The van der Waals surface area contributed by atoms with E-state index in [0.29, 0.717) is 23.4 Å². The molecule has 0 amide bonds. The smallest absolute Gasteiger partial charge is 0.369 e. The number of hydrogen-bond acceptors (Lipinski definition) is 7. The van der Waals surface area contributed by atoms with E-state index in [9.17, 15) is 21.6 Å². The van der Waals surface area contributed by atoms with E-state index in [4.69, 9.17) is 10.00 Å². The van der Waals surface area contributed by atoms with Crippen LogP contribution in [0.1, 0.15) is 12.6 Å². The lowest BCUT2D eigenvalue weighted by Crippen LogP contribution is -2.49. The van der Waals surface area contributed by atoms with E-state index in [2.05, 4.69) is 9.28 Å². The third kappa shape index (κ3) is 3.85. The number of nitrogens with zero attached hydrogens (tertiary/aromatic N) is 4. The number of morpholine rings is 1.